The molecule has 1 saturated heterocycles. The average Bonchev–Trinajstić information content (AvgIpc) is 2.48. The van der Waals surface area contributed by atoms with Crippen molar-refractivity contribution in [2.75, 3.05) is 20.2 Å². The Morgan fingerprint density at radius 1 is 1.57 bits per heavy atom. The van der Waals surface area contributed by atoms with Gasteiger partial charge >= 0.3 is 5.97 Å². The van der Waals surface area contributed by atoms with Crippen molar-refractivity contribution in [1.29, 1.82) is 0 Å². The maximum atomic E-state index is 13.6. The van der Waals surface area contributed by atoms with Crippen molar-refractivity contribution in [2.45, 2.75) is 25.5 Å². The number of benzene rings is 1. The van der Waals surface area contributed by atoms with Gasteiger partial charge in [0, 0.05) is 31.8 Å². The summed E-state index contributed by atoms with van der Waals surface area (Å²) in [4.78, 5) is 12.8. The van der Waals surface area contributed by atoms with Gasteiger partial charge in [0.25, 0.3) is 0 Å². The Hall–Kier alpha value is -1.72. The molecule has 0 radical (unpaired) electrons. The van der Waals surface area contributed by atoms with Gasteiger partial charge in [-0.25, -0.2) is 9.18 Å². The Bertz CT molecular complexity index is 530. The molecule has 1 atom stereocenters. The second-order valence-corrected chi connectivity index (χ2v) is 5.26. The van der Waals surface area contributed by atoms with Crippen LogP contribution in [0.3, 0.4) is 0 Å². The summed E-state index contributed by atoms with van der Waals surface area (Å²) in [5.74, 6) is -1.50. The van der Waals surface area contributed by atoms with Gasteiger partial charge in [0.2, 0.25) is 0 Å². The highest BCUT2D eigenvalue weighted by Crippen LogP contribution is 2.18. The second kappa shape index (κ2) is 7.33. The minimum Gasteiger partial charge on any atom is -0.478 e. The molecule has 0 aromatic heterocycles. The molecular weight excluding hydrogens is 273 g/mol. The van der Waals surface area contributed by atoms with Crippen LogP contribution < -0.4 is 0 Å². The van der Waals surface area contributed by atoms with Gasteiger partial charge in [-0.1, -0.05) is 6.07 Å². The summed E-state index contributed by atoms with van der Waals surface area (Å²) in [6, 6.07) is 4.82. The van der Waals surface area contributed by atoms with Crippen LogP contribution in [-0.4, -0.2) is 42.3 Å². The van der Waals surface area contributed by atoms with E-state index in [1.165, 1.54) is 12.1 Å². The molecule has 1 N–H and O–H groups in total. The Morgan fingerprint density at radius 2 is 2.38 bits per heavy atom. The number of aliphatic carboxylic acids is 1. The summed E-state index contributed by atoms with van der Waals surface area (Å²) in [5, 5.41) is 8.62. The third-order valence-electron chi connectivity index (χ3n) is 3.67. The van der Waals surface area contributed by atoms with Gasteiger partial charge in [-0.15, -0.1) is 0 Å². The summed E-state index contributed by atoms with van der Waals surface area (Å²) in [5.41, 5.74) is 1.27. The molecule has 4 nitrogen and oxygen atoms in total. The van der Waals surface area contributed by atoms with Crippen LogP contribution in [0.5, 0.6) is 0 Å². The number of ether oxygens (including phenoxy) is 1. The van der Waals surface area contributed by atoms with Crippen LogP contribution in [0.25, 0.3) is 6.08 Å². The van der Waals surface area contributed by atoms with Crippen LogP contribution in [0.1, 0.15) is 24.0 Å². The maximum absolute atomic E-state index is 13.6. The van der Waals surface area contributed by atoms with Crippen molar-refractivity contribution in [3.05, 3.63) is 41.2 Å². The molecule has 0 saturated carbocycles. The lowest BCUT2D eigenvalue weighted by molar-refractivity contribution is -0.131. The van der Waals surface area contributed by atoms with Crippen LogP contribution >= 0.6 is 0 Å². The molecule has 0 amide bonds. The lowest BCUT2D eigenvalue weighted by Crippen LogP contribution is -2.38. The monoisotopic (exact) mass is 293 g/mol. The third-order valence-corrected chi connectivity index (χ3v) is 3.67. The molecule has 1 unspecified atom stereocenters. The minimum atomic E-state index is -1.08. The summed E-state index contributed by atoms with van der Waals surface area (Å²) < 4.78 is 19.0. The van der Waals surface area contributed by atoms with Crippen molar-refractivity contribution in [3.63, 3.8) is 0 Å². The van der Waals surface area contributed by atoms with E-state index < -0.39 is 11.8 Å². The fourth-order valence-electron chi connectivity index (χ4n) is 2.59. The first kappa shape index (κ1) is 15.7. The Labute approximate surface area is 123 Å². The van der Waals surface area contributed by atoms with Crippen molar-refractivity contribution >= 4 is 12.0 Å². The third kappa shape index (κ3) is 4.65. The zero-order valence-corrected chi connectivity index (χ0v) is 12.1. The summed E-state index contributed by atoms with van der Waals surface area (Å²) >= 11 is 0. The second-order valence-electron chi connectivity index (χ2n) is 5.26. The van der Waals surface area contributed by atoms with E-state index >= 15 is 0 Å². The van der Waals surface area contributed by atoms with Crippen molar-refractivity contribution < 1.29 is 19.0 Å². The molecule has 0 aliphatic carbocycles. The van der Waals surface area contributed by atoms with E-state index in [0.717, 1.165) is 37.6 Å². The highest BCUT2D eigenvalue weighted by Gasteiger charge is 2.19. The number of carbonyl (C=O) groups is 1. The number of likely N-dealkylation sites (tertiary alicyclic amines) is 1. The zero-order valence-electron chi connectivity index (χ0n) is 12.1. The molecule has 21 heavy (non-hydrogen) atoms. The summed E-state index contributed by atoms with van der Waals surface area (Å²) in [6.45, 7) is 2.58. The van der Waals surface area contributed by atoms with Gasteiger partial charge < -0.3 is 9.84 Å². The number of nitrogens with zero attached hydrogens (tertiary/aromatic N) is 1. The molecule has 0 bridgehead atoms. The van der Waals surface area contributed by atoms with Crippen molar-refractivity contribution in [3.8, 4) is 0 Å². The number of hydrogen-bond donors (Lipinski definition) is 1. The van der Waals surface area contributed by atoms with Crippen molar-refractivity contribution in [2.24, 2.45) is 0 Å². The number of carboxylic acid groups (broad SMARTS) is 1. The van der Waals surface area contributed by atoms with E-state index in [-0.39, 0.29) is 6.10 Å². The maximum Gasteiger partial charge on any atom is 0.328 e. The van der Waals surface area contributed by atoms with E-state index in [0.29, 0.717) is 12.1 Å². The van der Waals surface area contributed by atoms with E-state index in [2.05, 4.69) is 4.90 Å². The fourth-order valence-corrected chi connectivity index (χ4v) is 2.59. The number of hydrogen-bond acceptors (Lipinski definition) is 3. The van der Waals surface area contributed by atoms with Crippen molar-refractivity contribution in [1.82, 2.24) is 4.90 Å². The van der Waals surface area contributed by atoms with Gasteiger partial charge in [0.05, 0.1) is 6.10 Å². The van der Waals surface area contributed by atoms with E-state index in [9.17, 15) is 9.18 Å². The first-order chi connectivity index (χ1) is 10.1. The quantitative estimate of drug-likeness (QED) is 0.848. The van der Waals surface area contributed by atoms with Crippen LogP contribution in [0, 0.1) is 5.82 Å². The van der Waals surface area contributed by atoms with Crippen LogP contribution in [0.15, 0.2) is 24.3 Å². The highest BCUT2D eigenvalue weighted by atomic mass is 19.1. The number of carboxylic acids is 1. The first-order valence-corrected chi connectivity index (χ1v) is 7.03. The highest BCUT2D eigenvalue weighted by molar-refractivity contribution is 5.85. The molecule has 1 aliphatic rings. The number of methoxy groups -OCH3 is 1. The van der Waals surface area contributed by atoms with E-state index in [1.54, 1.807) is 19.2 Å². The van der Waals surface area contributed by atoms with Gasteiger partial charge in [-0.3, -0.25) is 4.90 Å². The average molecular weight is 293 g/mol. The smallest absolute Gasteiger partial charge is 0.328 e. The molecule has 114 valence electrons. The predicted molar refractivity (Wildman–Crippen MR) is 78.4 cm³/mol. The number of piperidine rings is 1. The fraction of sp³-hybridized carbons (Fsp3) is 0.438. The zero-order chi connectivity index (χ0) is 15.2. The topological polar surface area (TPSA) is 49.8 Å². The molecule has 2 rings (SSSR count). The van der Waals surface area contributed by atoms with Gasteiger partial charge in [-0.2, -0.15) is 0 Å². The summed E-state index contributed by atoms with van der Waals surface area (Å²) in [6.07, 6.45) is 4.65. The molecular formula is C16H20FNO3. The van der Waals surface area contributed by atoms with Crippen LogP contribution in [0.4, 0.5) is 4.39 Å². The van der Waals surface area contributed by atoms with Gasteiger partial charge in [0.15, 0.2) is 0 Å². The lowest BCUT2D eigenvalue weighted by Gasteiger charge is -2.31. The molecule has 1 heterocycles. The number of halogens is 1. The predicted octanol–water partition coefficient (Wildman–Crippen LogP) is 2.53. The standard InChI is InChI=1S/C16H20FNO3/c1-21-14-3-2-8-18(11-14)10-12-4-6-15(17)13(9-12)5-7-16(19)20/h4-7,9,14H,2-3,8,10-11H2,1H3,(H,19,20)/b7-5+. The SMILES string of the molecule is COC1CCCN(Cc2ccc(F)c(/C=C/C(=O)O)c2)C1. The van der Waals surface area contributed by atoms with E-state index in [1.807, 2.05) is 0 Å². The lowest BCUT2D eigenvalue weighted by atomic mass is 10.1. The Kier molecular flexibility index (Phi) is 5.47. The normalized spacial score (nSPS) is 20.0. The van der Waals surface area contributed by atoms with Crippen LogP contribution in [0.2, 0.25) is 0 Å². The van der Waals surface area contributed by atoms with E-state index in [4.69, 9.17) is 9.84 Å². The molecule has 5 heteroatoms. The van der Waals surface area contributed by atoms with Gasteiger partial charge in [-0.05, 0) is 43.2 Å². The minimum absolute atomic E-state index is 0.255. The Morgan fingerprint density at radius 3 is 3.10 bits per heavy atom. The Balaban J connectivity index is 2.06. The molecule has 1 aromatic rings. The largest absolute Gasteiger partial charge is 0.478 e. The van der Waals surface area contributed by atoms with Gasteiger partial charge in [0.1, 0.15) is 5.82 Å². The van der Waals surface area contributed by atoms with Crippen LogP contribution in [-0.2, 0) is 16.1 Å². The molecule has 1 aromatic carbocycles. The first-order valence-electron chi connectivity index (χ1n) is 7.03. The number of rotatable bonds is 5. The molecule has 1 fully saturated rings. The summed E-state index contributed by atoms with van der Waals surface area (Å²) in [7, 11) is 1.72. The molecule has 1 aliphatic heterocycles. The molecule has 0 spiro atoms.